The fourth-order valence-electron chi connectivity index (χ4n) is 1.85. The third kappa shape index (κ3) is 6.09. The van der Waals surface area contributed by atoms with Crippen molar-refractivity contribution in [2.24, 2.45) is 4.99 Å². The van der Waals surface area contributed by atoms with Crippen LogP contribution in [0.4, 0.5) is 0 Å². The summed E-state index contributed by atoms with van der Waals surface area (Å²) in [5, 5.41) is 16.7. The number of aliphatic hydroxyl groups excluding tert-OH is 1. The molecular formula is C15H24IN3O2. The molecule has 0 saturated heterocycles. The number of methoxy groups -OCH3 is 1. The first kappa shape index (κ1) is 18.0. The van der Waals surface area contributed by atoms with E-state index in [0.29, 0.717) is 12.6 Å². The summed E-state index contributed by atoms with van der Waals surface area (Å²) in [7, 11) is 1.63. The van der Waals surface area contributed by atoms with Crippen LogP contribution in [0.3, 0.4) is 0 Å². The quantitative estimate of drug-likeness (QED) is 0.385. The van der Waals surface area contributed by atoms with E-state index < -0.39 is 6.10 Å². The second-order valence-electron chi connectivity index (χ2n) is 4.93. The van der Waals surface area contributed by atoms with Gasteiger partial charge in [-0.3, -0.25) is 4.99 Å². The van der Waals surface area contributed by atoms with Gasteiger partial charge in [0.1, 0.15) is 5.75 Å². The molecule has 1 aliphatic rings. The van der Waals surface area contributed by atoms with E-state index in [2.05, 4.69) is 15.6 Å². The highest BCUT2D eigenvalue weighted by molar-refractivity contribution is 14.0. The maximum Gasteiger partial charge on any atom is 0.191 e. The van der Waals surface area contributed by atoms with Gasteiger partial charge in [-0.2, -0.15) is 0 Å². The minimum absolute atomic E-state index is 0. The molecule has 0 amide bonds. The number of ether oxygens (including phenoxy) is 1. The van der Waals surface area contributed by atoms with Crippen LogP contribution in [0.15, 0.2) is 29.3 Å². The predicted octanol–water partition coefficient (Wildman–Crippen LogP) is 2.06. The minimum Gasteiger partial charge on any atom is -0.497 e. The topological polar surface area (TPSA) is 65.9 Å². The van der Waals surface area contributed by atoms with Crippen molar-refractivity contribution in [2.75, 3.05) is 20.2 Å². The number of halogens is 1. The standard InChI is InChI=1S/C15H23N3O2.HI/c1-3-16-15(18-12-6-7-12)17-10-14(19)11-4-8-13(20-2)9-5-11;/h4-5,8-9,12,14,19H,3,6-7,10H2,1-2H3,(H2,16,17,18);1H. The molecule has 3 N–H and O–H groups in total. The summed E-state index contributed by atoms with van der Waals surface area (Å²) in [6, 6.07) is 7.96. The predicted molar refractivity (Wildman–Crippen MR) is 95.5 cm³/mol. The van der Waals surface area contributed by atoms with E-state index in [1.54, 1.807) is 7.11 Å². The summed E-state index contributed by atoms with van der Waals surface area (Å²) in [5.41, 5.74) is 0.844. The molecule has 5 nitrogen and oxygen atoms in total. The van der Waals surface area contributed by atoms with E-state index in [1.165, 1.54) is 12.8 Å². The van der Waals surface area contributed by atoms with E-state index in [0.717, 1.165) is 23.8 Å². The molecule has 6 heteroatoms. The normalized spacial score (nSPS) is 15.9. The fraction of sp³-hybridized carbons (Fsp3) is 0.533. The van der Waals surface area contributed by atoms with Crippen LogP contribution in [-0.4, -0.2) is 37.3 Å². The zero-order valence-electron chi connectivity index (χ0n) is 12.5. The molecule has 1 aromatic carbocycles. The highest BCUT2D eigenvalue weighted by atomic mass is 127. The molecule has 118 valence electrons. The summed E-state index contributed by atoms with van der Waals surface area (Å²) in [6.45, 7) is 3.19. The lowest BCUT2D eigenvalue weighted by Gasteiger charge is -2.13. The number of benzene rings is 1. The lowest BCUT2D eigenvalue weighted by atomic mass is 10.1. The van der Waals surface area contributed by atoms with Gasteiger partial charge in [0.25, 0.3) is 0 Å². The first-order valence-corrected chi connectivity index (χ1v) is 7.09. The molecule has 0 heterocycles. The average molecular weight is 405 g/mol. The maximum absolute atomic E-state index is 10.1. The Morgan fingerprint density at radius 2 is 2.05 bits per heavy atom. The smallest absolute Gasteiger partial charge is 0.191 e. The first-order valence-electron chi connectivity index (χ1n) is 7.09. The van der Waals surface area contributed by atoms with Crippen LogP contribution >= 0.6 is 24.0 Å². The Bertz CT molecular complexity index is 447. The Morgan fingerprint density at radius 1 is 1.38 bits per heavy atom. The monoisotopic (exact) mass is 405 g/mol. The number of nitrogens with zero attached hydrogens (tertiary/aromatic N) is 1. The number of aliphatic imine (C=N–C) groups is 1. The molecule has 0 aromatic heterocycles. The molecule has 0 spiro atoms. The molecule has 1 saturated carbocycles. The molecular weight excluding hydrogens is 381 g/mol. The van der Waals surface area contributed by atoms with Crippen LogP contribution in [-0.2, 0) is 0 Å². The number of hydrogen-bond acceptors (Lipinski definition) is 3. The van der Waals surface area contributed by atoms with E-state index >= 15 is 0 Å². The highest BCUT2D eigenvalue weighted by Crippen LogP contribution is 2.19. The molecule has 2 rings (SSSR count). The van der Waals surface area contributed by atoms with E-state index in [4.69, 9.17) is 4.74 Å². The SMILES string of the molecule is CCNC(=NCC(O)c1ccc(OC)cc1)NC1CC1.I. The summed E-state index contributed by atoms with van der Waals surface area (Å²) < 4.78 is 5.10. The van der Waals surface area contributed by atoms with Crippen LogP contribution in [0, 0.1) is 0 Å². The maximum atomic E-state index is 10.1. The Balaban J connectivity index is 0.00000220. The van der Waals surface area contributed by atoms with Crippen LogP contribution in [0.25, 0.3) is 0 Å². The van der Waals surface area contributed by atoms with Gasteiger partial charge in [0.2, 0.25) is 0 Å². The van der Waals surface area contributed by atoms with E-state index in [9.17, 15) is 5.11 Å². The van der Waals surface area contributed by atoms with Crippen molar-refractivity contribution in [2.45, 2.75) is 31.9 Å². The summed E-state index contributed by atoms with van der Waals surface area (Å²) in [4.78, 5) is 4.43. The Hall–Kier alpha value is -1.02. The van der Waals surface area contributed by atoms with Gasteiger partial charge in [-0.15, -0.1) is 24.0 Å². The lowest BCUT2D eigenvalue weighted by molar-refractivity contribution is 0.187. The van der Waals surface area contributed by atoms with Gasteiger partial charge in [0.05, 0.1) is 19.8 Å². The van der Waals surface area contributed by atoms with Crippen molar-refractivity contribution in [1.82, 2.24) is 10.6 Å². The molecule has 0 bridgehead atoms. The van der Waals surface area contributed by atoms with Crippen LogP contribution in [0.5, 0.6) is 5.75 Å². The molecule has 1 atom stereocenters. The molecule has 1 unspecified atom stereocenters. The van der Waals surface area contributed by atoms with Crippen LogP contribution in [0.2, 0.25) is 0 Å². The van der Waals surface area contributed by atoms with Gasteiger partial charge in [-0.1, -0.05) is 12.1 Å². The van der Waals surface area contributed by atoms with Gasteiger partial charge in [-0.25, -0.2) is 0 Å². The molecule has 1 aromatic rings. The lowest BCUT2D eigenvalue weighted by Crippen LogP contribution is -2.38. The highest BCUT2D eigenvalue weighted by Gasteiger charge is 2.22. The Morgan fingerprint density at radius 3 is 2.57 bits per heavy atom. The van der Waals surface area contributed by atoms with Crippen molar-refractivity contribution in [1.29, 1.82) is 0 Å². The van der Waals surface area contributed by atoms with Crippen molar-refractivity contribution in [3.05, 3.63) is 29.8 Å². The first-order chi connectivity index (χ1) is 9.72. The average Bonchev–Trinajstić information content (AvgIpc) is 3.29. The Kier molecular flexibility index (Phi) is 7.81. The van der Waals surface area contributed by atoms with Crippen molar-refractivity contribution in [3.63, 3.8) is 0 Å². The van der Waals surface area contributed by atoms with Gasteiger partial charge in [0.15, 0.2) is 5.96 Å². The van der Waals surface area contributed by atoms with Gasteiger partial charge in [-0.05, 0) is 37.5 Å². The zero-order chi connectivity index (χ0) is 14.4. The molecule has 21 heavy (non-hydrogen) atoms. The van der Waals surface area contributed by atoms with Gasteiger partial charge < -0.3 is 20.5 Å². The van der Waals surface area contributed by atoms with Gasteiger partial charge >= 0.3 is 0 Å². The van der Waals surface area contributed by atoms with Gasteiger partial charge in [0, 0.05) is 12.6 Å². The molecule has 0 aliphatic heterocycles. The second kappa shape index (κ2) is 9.09. The van der Waals surface area contributed by atoms with Crippen LogP contribution < -0.4 is 15.4 Å². The van der Waals surface area contributed by atoms with Crippen molar-refractivity contribution >= 4 is 29.9 Å². The molecule has 1 aliphatic carbocycles. The molecule has 1 fully saturated rings. The van der Waals surface area contributed by atoms with E-state index in [1.807, 2.05) is 31.2 Å². The fourth-order valence-corrected chi connectivity index (χ4v) is 1.85. The third-order valence-corrected chi connectivity index (χ3v) is 3.19. The van der Waals surface area contributed by atoms with Crippen molar-refractivity contribution < 1.29 is 9.84 Å². The Labute approximate surface area is 143 Å². The van der Waals surface area contributed by atoms with Crippen molar-refractivity contribution in [3.8, 4) is 5.75 Å². The number of hydrogen-bond donors (Lipinski definition) is 3. The van der Waals surface area contributed by atoms with E-state index in [-0.39, 0.29) is 24.0 Å². The number of nitrogens with one attached hydrogen (secondary N) is 2. The van der Waals surface area contributed by atoms with Crippen LogP contribution in [0.1, 0.15) is 31.4 Å². The molecule has 0 radical (unpaired) electrons. The minimum atomic E-state index is -0.601. The summed E-state index contributed by atoms with van der Waals surface area (Å²) >= 11 is 0. The summed E-state index contributed by atoms with van der Waals surface area (Å²) in [6.07, 6.45) is 1.80. The number of guanidine groups is 1. The second-order valence-corrected chi connectivity index (χ2v) is 4.93. The third-order valence-electron chi connectivity index (χ3n) is 3.19. The number of aliphatic hydroxyl groups is 1. The number of rotatable bonds is 6. The zero-order valence-corrected chi connectivity index (χ0v) is 14.8. The largest absolute Gasteiger partial charge is 0.497 e. The summed E-state index contributed by atoms with van der Waals surface area (Å²) in [5.74, 6) is 1.57.